The molecule has 0 radical (unpaired) electrons. The van der Waals surface area contributed by atoms with Crippen molar-refractivity contribution < 1.29 is 4.39 Å². The zero-order chi connectivity index (χ0) is 13.1. The maximum Gasteiger partial charge on any atom is 0.201 e. The zero-order valence-corrected chi connectivity index (χ0v) is 10.4. The Balaban J connectivity index is 1.67. The number of hydrogen-bond donors (Lipinski definition) is 1. The molecule has 98 valence electrons. The molecule has 1 aliphatic heterocycles. The van der Waals surface area contributed by atoms with Gasteiger partial charge in [0.25, 0.3) is 0 Å². The first-order chi connectivity index (χ1) is 9.31. The number of tetrazole rings is 1. The van der Waals surface area contributed by atoms with E-state index in [1.807, 2.05) is 12.1 Å². The van der Waals surface area contributed by atoms with Gasteiger partial charge in [-0.15, -0.1) is 10.2 Å². The van der Waals surface area contributed by atoms with E-state index < -0.39 is 0 Å². The first-order valence-electron chi connectivity index (χ1n) is 6.21. The van der Waals surface area contributed by atoms with Crippen LogP contribution in [-0.2, 0) is 6.54 Å². The average molecular weight is 259 g/mol. The van der Waals surface area contributed by atoms with E-state index in [0.717, 1.165) is 37.2 Å². The molecule has 0 amide bonds. The van der Waals surface area contributed by atoms with E-state index >= 15 is 0 Å². The van der Waals surface area contributed by atoms with Gasteiger partial charge in [0.15, 0.2) is 0 Å². The van der Waals surface area contributed by atoms with Gasteiger partial charge in [-0.2, -0.15) is 5.21 Å². The van der Waals surface area contributed by atoms with Crippen LogP contribution in [0.15, 0.2) is 30.3 Å². The Morgan fingerprint density at radius 1 is 1.26 bits per heavy atom. The maximum atomic E-state index is 12.9. The second-order valence-electron chi connectivity index (χ2n) is 4.59. The van der Waals surface area contributed by atoms with Crippen molar-refractivity contribution in [3.8, 4) is 0 Å². The van der Waals surface area contributed by atoms with E-state index in [2.05, 4.69) is 31.6 Å². The van der Waals surface area contributed by atoms with Gasteiger partial charge in [-0.05, 0) is 29.3 Å². The Bertz CT molecular complexity index is 561. The van der Waals surface area contributed by atoms with Gasteiger partial charge < -0.3 is 0 Å². The molecule has 0 atom stereocenters. The molecular weight excluding hydrogens is 245 g/mol. The molecule has 19 heavy (non-hydrogen) atoms. The summed E-state index contributed by atoms with van der Waals surface area (Å²) in [6.45, 7) is 2.57. The lowest BCUT2D eigenvalue weighted by Gasteiger charge is -2.26. The van der Waals surface area contributed by atoms with Gasteiger partial charge in [0, 0.05) is 25.2 Å². The molecule has 1 aromatic carbocycles. The van der Waals surface area contributed by atoms with Crippen molar-refractivity contribution in [3.05, 3.63) is 47.5 Å². The number of hydrogen-bond acceptors (Lipinski definition) is 4. The topological polar surface area (TPSA) is 57.7 Å². The van der Waals surface area contributed by atoms with Crippen LogP contribution in [0.2, 0.25) is 0 Å². The van der Waals surface area contributed by atoms with Crippen LogP contribution in [-0.4, -0.2) is 38.6 Å². The molecule has 1 N–H and O–H groups in total. The first-order valence-corrected chi connectivity index (χ1v) is 6.21. The molecule has 0 unspecified atom stereocenters. The number of rotatable bonds is 3. The van der Waals surface area contributed by atoms with Crippen LogP contribution in [0.5, 0.6) is 0 Å². The maximum absolute atomic E-state index is 12.9. The second-order valence-corrected chi connectivity index (χ2v) is 4.59. The Hall–Kier alpha value is -2.08. The predicted molar refractivity (Wildman–Crippen MR) is 68.4 cm³/mol. The van der Waals surface area contributed by atoms with Crippen molar-refractivity contribution >= 4 is 5.57 Å². The Morgan fingerprint density at radius 2 is 2.11 bits per heavy atom. The number of aromatic nitrogens is 4. The van der Waals surface area contributed by atoms with Crippen molar-refractivity contribution in [2.75, 3.05) is 13.1 Å². The van der Waals surface area contributed by atoms with E-state index in [-0.39, 0.29) is 5.82 Å². The summed E-state index contributed by atoms with van der Waals surface area (Å²) < 4.78 is 12.9. The minimum absolute atomic E-state index is 0.199. The fraction of sp³-hybridized carbons (Fsp3) is 0.308. The van der Waals surface area contributed by atoms with Gasteiger partial charge in [-0.25, -0.2) is 4.39 Å². The molecule has 3 rings (SSSR count). The highest BCUT2D eigenvalue weighted by Gasteiger charge is 2.16. The molecule has 2 aromatic rings. The molecule has 1 aromatic heterocycles. The van der Waals surface area contributed by atoms with Gasteiger partial charge in [0.1, 0.15) is 5.82 Å². The summed E-state index contributed by atoms with van der Waals surface area (Å²) in [4.78, 5) is 2.29. The van der Waals surface area contributed by atoms with E-state index in [1.165, 1.54) is 12.1 Å². The van der Waals surface area contributed by atoms with Crippen molar-refractivity contribution in [1.29, 1.82) is 0 Å². The molecule has 0 spiro atoms. The molecule has 0 saturated heterocycles. The van der Waals surface area contributed by atoms with Gasteiger partial charge >= 0.3 is 0 Å². The first kappa shape index (κ1) is 12.0. The van der Waals surface area contributed by atoms with Crippen LogP contribution in [0.1, 0.15) is 17.8 Å². The highest BCUT2D eigenvalue weighted by molar-refractivity contribution is 5.61. The van der Waals surface area contributed by atoms with Crippen LogP contribution in [0.4, 0.5) is 4.39 Å². The van der Waals surface area contributed by atoms with Crippen molar-refractivity contribution in [1.82, 2.24) is 25.5 Å². The summed E-state index contributed by atoms with van der Waals surface area (Å²) in [6, 6.07) is 6.63. The van der Waals surface area contributed by atoms with E-state index in [4.69, 9.17) is 0 Å². The normalized spacial score (nSPS) is 16.4. The lowest BCUT2D eigenvalue weighted by atomic mass is 10.1. The Kier molecular flexibility index (Phi) is 3.33. The van der Waals surface area contributed by atoms with Gasteiger partial charge in [-0.3, -0.25) is 4.90 Å². The van der Waals surface area contributed by atoms with Crippen molar-refractivity contribution in [2.45, 2.75) is 13.0 Å². The smallest absolute Gasteiger partial charge is 0.201 e. The van der Waals surface area contributed by atoms with E-state index in [9.17, 15) is 4.39 Å². The van der Waals surface area contributed by atoms with Crippen LogP contribution in [0.3, 0.4) is 0 Å². The predicted octanol–water partition coefficient (Wildman–Crippen LogP) is 1.63. The highest BCUT2D eigenvalue weighted by Crippen LogP contribution is 2.18. The summed E-state index contributed by atoms with van der Waals surface area (Å²) in [5, 5.41) is 14.0. The number of aromatic amines is 1. The quantitative estimate of drug-likeness (QED) is 0.910. The number of nitrogens with zero attached hydrogens (tertiary/aromatic N) is 4. The minimum Gasteiger partial charge on any atom is -0.294 e. The Morgan fingerprint density at radius 3 is 2.84 bits per heavy atom. The summed E-state index contributed by atoms with van der Waals surface area (Å²) in [6.07, 6.45) is 3.11. The van der Waals surface area contributed by atoms with Crippen molar-refractivity contribution in [3.63, 3.8) is 0 Å². The molecule has 0 bridgehead atoms. The fourth-order valence-corrected chi connectivity index (χ4v) is 2.25. The zero-order valence-electron chi connectivity index (χ0n) is 10.4. The molecule has 0 fully saturated rings. The number of H-pyrrole nitrogens is 1. The lowest BCUT2D eigenvalue weighted by Crippen LogP contribution is -2.29. The molecule has 2 heterocycles. The lowest BCUT2D eigenvalue weighted by molar-refractivity contribution is 0.296. The average Bonchev–Trinajstić information content (AvgIpc) is 2.96. The van der Waals surface area contributed by atoms with Gasteiger partial charge in [0.05, 0.1) is 0 Å². The molecule has 6 heteroatoms. The molecule has 0 saturated carbocycles. The Labute approximate surface area is 110 Å². The van der Waals surface area contributed by atoms with Crippen LogP contribution in [0, 0.1) is 5.82 Å². The standard InChI is InChI=1S/C13H14FN5/c14-12-5-3-10(4-6-12)8-19-7-1-2-11(9-19)13-15-17-18-16-13/h2-6H,1,7-9H2,(H,15,16,17,18). The largest absolute Gasteiger partial charge is 0.294 e. The third-order valence-electron chi connectivity index (χ3n) is 3.18. The van der Waals surface area contributed by atoms with E-state index in [0.29, 0.717) is 5.82 Å². The second kappa shape index (κ2) is 5.27. The third-order valence-corrected chi connectivity index (χ3v) is 3.18. The summed E-state index contributed by atoms with van der Waals surface area (Å²) >= 11 is 0. The summed E-state index contributed by atoms with van der Waals surface area (Å²) in [5.41, 5.74) is 2.19. The summed E-state index contributed by atoms with van der Waals surface area (Å²) in [5.74, 6) is 0.457. The van der Waals surface area contributed by atoms with Crippen LogP contribution in [0.25, 0.3) is 5.57 Å². The highest BCUT2D eigenvalue weighted by atomic mass is 19.1. The molecular formula is C13H14FN5. The van der Waals surface area contributed by atoms with Gasteiger partial charge in [-0.1, -0.05) is 18.2 Å². The third kappa shape index (κ3) is 2.85. The number of halogens is 1. The van der Waals surface area contributed by atoms with Crippen molar-refractivity contribution in [2.24, 2.45) is 0 Å². The molecule has 0 aliphatic carbocycles. The SMILES string of the molecule is Fc1ccc(CN2CCC=C(c3nn[nH]n3)C2)cc1. The van der Waals surface area contributed by atoms with Crippen LogP contribution < -0.4 is 0 Å². The molecule has 1 aliphatic rings. The summed E-state index contributed by atoms with van der Waals surface area (Å²) in [7, 11) is 0. The van der Waals surface area contributed by atoms with E-state index in [1.54, 1.807) is 0 Å². The monoisotopic (exact) mass is 259 g/mol. The fourth-order valence-electron chi connectivity index (χ4n) is 2.25. The minimum atomic E-state index is -0.199. The number of nitrogens with one attached hydrogen (secondary N) is 1. The van der Waals surface area contributed by atoms with Gasteiger partial charge in [0.2, 0.25) is 5.82 Å². The number of benzene rings is 1. The van der Waals surface area contributed by atoms with Crippen LogP contribution >= 0.6 is 0 Å². The molecule has 5 nitrogen and oxygen atoms in total.